The van der Waals surface area contributed by atoms with E-state index in [1.54, 1.807) is 12.1 Å². The fraction of sp³-hybridized carbons (Fsp3) is 0.333. The van der Waals surface area contributed by atoms with Crippen molar-refractivity contribution >= 4 is 11.9 Å². The van der Waals surface area contributed by atoms with Crippen molar-refractivity contribution in [3.05, 3.63) is 58.7 Å². The van der Waals surface area contributed by atoms with E-state index in [4.69, 9.17) is 14.2 Å². The van der Waals surface area contributed by atoms with Gasteiger partial charge in [-0.2, -0.15) is 0 Å². The van der Waals surface area contributed by atoms with Crippen LogP contribution in [0, 0.1) is 13.8 Å². The van der Waals surface area contributed by atoms with Gasteiger partial charge in [-0.1, -0.05) is 18.2 Å². The van der Waals surface area contributed by atoms with Gasteiger partial charge in [-0.3, -0.25) is 4.79 Å². The maximum Gasteiger partial charge on any atom is 0.338 e. The molecule has 0 aliphatic rings. The molecule has 0 radical (unpaired) electrons. The molecule has 144 valence electrons. The molecule has 0 saturated heterocycles. The summed E-state index contributed by atoms with van der Waals surface area (Å²) in [7, 11) is 2.99. The molecule has 0 fully saturated rings. The van der Waals surface area contributed by atoms with E-state index in [0.29, 0.717) is 11.5 Å². The second kappa shape index (κ2) is 9.07. The van der Waals surface area contributed by atoms with Crippen LogP contribution in [0.4, 0.5) is 0 Å². The maximum atomic E-state index is 12.2. The van der Waals surface area contributed by atoms with E-state index in [-0.39, 0.29) is 24.1 Å². The third-order valence-corrected chi connectivity index (χ3v) is 4.36. The van der Waals surface area contributed by atoms with E-state index in [1.807, 2.05) is 39.0 Å². The van der Waals surface area contributed by atoms with E-state index in [2.05, 4.69) is 5.32 Å². The van der Waals surface area contributed by atoms with Crippen molar-refractivity contribution < 1.29 is 23.8 Å². The molecule has 0 spiro atoms. The topological polar surface area (TPSA) is 73.9 Å². The van der Waals surface area contributed by atoms with Gasteiger partial charge in [0.05, 0.1) is 25.8 Å². The zero-order valence-electron chi connectivity index (χ0n) is 16.3. The van der Waals surface area contributed by atoms with Gasteiger partial charge in [0.25, 0.3) is 5.91 Å². The molecular formula is C21H25NO5. The lowest BCUT2D eigenvalue weighted by Crippen LogP contribution is -2.31. The molecule has 6 heteroatoms. The average molecular weight is 371 g/mol. The fourth-order valence-electron chi connectivity index (χ4n) is 2.58. The Balaban J connectivity index is 1.92. The predicted molar refractivity (Wildman–Crippen MR) is 102 cm³/mol. The highest BCUT2D eigenvalue weighted by molar-refractivity contribution is 5.92. The van der Waals surface area contributed by atoms with E-state index < -0.39 is 5.97 Å². The molecule has 2 aromatic carbocycles. The molecule has 0 saturated carbocycles. The lowest BCUT2D eigenvalue weighted by Gasteiger charge is -2.16. The normalized spacial score (nSPS) is 11.4. The second-order valence-electron chi connectivity index (χ2n) is 6.28. The van der Waals surface area contributed by atoms with E-state index in [1.165, 1.54) is 25.8 Å². The van der Waals surface area contributed by atoms with Crippen molar-refractivity contribution in [2.24, 2.45) is 0 Å². The van der Waals surface area contributed by atoms with Crippen molar-refractivity contribution in [3.8, 4) is 11.5 Å². The first kappa shape index (κ1) is 20.3. The lowest BCUT2D eigenvalue weighted by atomic mass is 10.0. The smallest absolute Gasteiger partial charge is 0.338 e. The highest BCUT2D eigenvalue weighted by Crippen LogP contribution is 2.27. The van der Waals surface area contributed by atoms with Gasteiger partial charge in [-0.05, 0) is 55.7 Å². The first-order chi connectivity index (χ1) is 12.8. The third-order valence-electron chi connectivity index (χ3n) is 4.36. The standard InChI is InChI=1S/C21H25NO5/c1-13-6-7-16(10-14(13)2)15(3)22-20(23)12-27-21(24)17-8-9-18(25-4)19(11-17)26-5/h6-11,15H,12H2,1-5H3,(H,22,23)/t15-/m0/s1. The summed E-state index contributed by atoms with van der Waals surface area (Å²) in [5.41, 5.74) is 3.63. The van der Waals surface area contributed by atoms with Crippen molar-refractivity contribution in [2.45, 2.75) is 26.8 Å². The minimum atomic E-state index is -0.607. The molecule has 0 aliphatic heterocycles. The van der Waals surface area contributed by atoms with Gasteiger partial charge in [-0.15, -0.1) is 0 Å². The Morgan fingerprint density at radius 3 is 2.30 bits per heavy atom. The largest absolute Gasteiger partial charge is 0.493 e. The number of hydrogen-bond donors (Lipinski definition) is 1. The zero-order valence-corrected chi connectivity index (χ0v) is 16.3. The van der Waals surface area contributed by atoms with Crippen LogP contribution >= 0.6 is 0 Å². The second-order valence-corrected chi connectivity index (χ2v) is 6.28. The Bertz CT molecular complexity index is 831. The summed E-state index contributed by atoms with van der Waals surface area (Å²) >= 11 is 0. The molecule has 27 heavy (non-hydrogen) atoms. The number of ether oxygens (including phenoxy) is 3. The quantitative estimate of drug-likeness (QED) is 0.756. The van der Waals surface area contributed by atoms with Crippen LogP contribution in [0.1, 0.15) is 40.0 Å². The Hall–Kier alpha value is -3.02. The third kappa shape index (κ3) is 5.23. The molecule has 1 amide bonds. The van der Waals surface area contributed by atoms with Crippen molar-refractivity contribution in [1.29, 1.82) is 0 Å². The van der Waals surface area contributed by atoms with Gasteiger partial charge in [0.2, 0.25) is 0 Å². The van der Waals surface area contributed by atoms with Crippen LogP contribution in [-0.2, 0) is 9.53 Å². The molecule has 0 unspecified atom stereocenters. The van der Waals surface area contributed by atoms with Crippen molar-refractivity contribution in [3.63, 3.8) is 0 Å². The maximum absolute atomic E-state index is 12.2. The van der Waals surface area contributed by atoms with Crippen LogP contribution in [0.25, 0.3) is 0 Å². The number of amides is 1. The highest BCUT2D eigenvalue weighted by atomic mass is 16.5. The molecule has 0 aromatic heterocycles. The van der Waals surface area contributed by atoms with Crippen LogP contribution in [0.3, 0.4) is 0 Å². The van der Waals surface area contributed by atoms with Crippen LogP contribution in [0.2, 0.25) is 0 Å². The summed E-state index contributed by atoms with van der Waals surface area (Å²) in [5.74, 6) is -0.0479. The molecule has 0 aliphatic carbocycles. The summed E-state index contributed by atoms with van der Waals surface area (Å²) < 4.78 is 15.4. The summed E-state index contributed by atoms with van der Waals surface area (Å²) in [4.78, 5) is 24.3. The number of benzene rings is 2. The minimum absolute atomic E-state index is 0.184. The van der Waals surface area contributed by atoms with E-state index >= 15 is 0 Å². The number of rotatable bonds is 7. The highest BCUT2D eigenvalue weighted by Gasteiger charge is 2.15. The van der Waals surface area contributed by atoms with Crippen LogP contribution in [-0.4, -0.2) is 32.7 Å². The predicted octanol–water partition coefficient (Wildman–Crippen LogP) is 3.35. The Morgan fingerprint density at radius 1 is 0.963 bits per heavy atom. The number of carbonyl (C=O) groups excluding carboxylic acids is 2. The number of methoxy groups -OCH3 is 2. The monoisotopic (exact) mass is 371 g/mol. The summed E-state index contributed by atoms with van der Waals surface area (Å²) in [6, 6.07) is 10.5. The first-order valence-electron chi connectivity index (χ1n) is 8.61. The Labute approximate surface area is 159 Å². The van der Waals surface area contributed by atoms with Crippen molar-refractivity contribution in [1.82, 2.24) is 5.32 Å². The molecule has 1 N–H and O–H groups in total. The summed E-state index contributed by atoms with van der Waals surface area (Å²) in [6.07, 6.45) is 0. The lowest BCUT2D eigenvalue weighted by molar-refractivity contribution is -0.124. The van der Waals surface area contributed by atoms with Gasteiger partial charge >= 0.3 is 5.97 Å². The van der Waals surface area contributed by atoms with E-state index in [0.717, 1.165) is 11.1 Å². The van der Waals surface area contributed by atoms with Gasteiger partial charge in [0.15, 0.2) is 18.1 Å². The molecule has 0 bridgehead atoms. The summed E-state index contributed by atoms with van der Waals surface area (Å²) in [5, 5.41) is 2.83. The average Bonchev–Trinajstić information content (AvgIpc) is 2.67. The van der Waals surface area contributed by atoms with Gasteiger partial charge in [-0.25, -0.2) is 4.79 Å². The van der Waals surface area contributed by atoms with Gasteiger partial charge in [0, 0.05) is 0 Å². The number of esters is 1. The molecule has 0 heterocycles. The Morgan fingerprint density at radius 2 is 1.67 bits per heavy atom. The van der Waals surface area contributed by atoms with Crippen LogP contribution in [0.15, 0.2) is 36.4 Å². The van der Waals surface area contributed by atoms with Crippen LogP contribution < -0.4 is 14.8 Å². The number of nitrogens with one attached hydrogen (secondary N) is 1. The molecular weight excluding hydrogens is 346 g/mol. The first-order valence-corrected chi connectivity index (χ1v) is 8.61. The summed E-state index contributed by atoms with van der Waals surface area (Å²) in [6.45, 7) is 5.59. The Kier molecular flexibility index (Phi) is 6.82. The molecule has 2 rings (SSSR count). The molecule has 1 atom stereocenters. The fourth-order valence-corrected chi connectivity index (χ4v) is 2.58. The number of hydrogen-bond acceptors (Lipinski definition) is 5. The van der Waals surface area contributed by atoms with Gasteiger partial charge in [0.1, 0.15) is 0 Å². The molecule has 2 aromatic rings. The van der Waals surface area contributed by atoms with Crippen molar-refractivity contribution in [2.75, 3.05) is 20.8 Å². The SMILES string of the molecule is COc1ccc(C(=O)OCC(=O)N[C@@H](C)c2ccc(C)c(C)c2)cc1OC. The van der Waals surface area contributed by atoms with Gasteiger partial charge < -0.3 is 19.5 Å². The number of carbonyl (C=O) groups is 2. The minimum Gasteiger partial charge on any atom is -0.493 e. The molecule has 6 nitrogen and oxygen atoms in total. The zero-order chi connectivity index (χ0) is 20.0. The van der Waals surface area contributed by atoms with E-state index in [9.17, 15) is 9.59 Å². The van der Waals surface area contributed by atoms with Crippen LogP contribution in [0.5, 0.6) is 11.5 Å². The number of aryl methyl sites for hydroxylation is 2.